The summed E-state index contributed by atoms with van der Waals surface area (Å²) in [7, 11) is 0. The maximum atomic E-state index is 11.8. The standard InChI is InChI=1S/C16H22BrNO2/c17-12-8-4-2-1-3-5-9-13-18-14-10-6-7-11-15(14)20-16(18)19/h6-7,10-11H,1-5,8-9,12-13H2. The minimum atomic E-state index is -0.233. The summed E-state index contributed by atoms with van der Waals surface area (Å²) in [6.07, 6.45) is 8.69. The number of rotatable bonds is 9. The van der Waals surface area contributed by atoms with Gasteiger partial charge in [0, 0.05) is 11.9 Å². The second kappa shape index (κ2) is 8.30. The number of unbranched alkanes of at least 4 members (excludes halogenated alkanes) is 6. The highest BCUT2D eigenvalue weighted by molar-refractivity contribution is 9.09. The summed E-state index contributed by atoms with van der Waals surface area (Å²) in [5, 5.41) is 1.11. The zero-order valence-corrected chi connectivity index (χ0v) is 13.4. The van der Waals surface area contributed by atoms with Gasteiger partial charge >= 0.3 is 5.76 Å². The minimum absolute atomic E-state index is 0.233. The van der Waals surface area contributed by atoms with Gasteiger partial charge in [-0.25, -0.2) is 4.79 Å². The van der Waals surface area contributed by atoms with E-state index in [2.05, 4.69) is 15.9 Å². The molecule has 0 saturated carbocycles. The monoisotopic (exact) mass is 339 g/mol. The molecule has 0 fully saturated rings. The van der Waals surface area contributed by atoms with E-state index in [0.717, 1.165) is 23.8 Å². The molecule has 3 nitrogen and oxygen atoms in total. The van der Waals surface area contributed by atoms with E-state index in [9.17, 15) is 4.79 Å². The molecule has 0 bridgehead atoms. The molecule has 0 amide bonds. The van der Waals surface area contributed by atoms with Crippen molar-refractivity contribution >= 4 is 27.0 Å². The smallest absolute Gasteiger partial charge is 0.408 e. The molecule has 0 atom stereocenters. The van der Waals surface area contributed by atoms with Crippen LogP contribution in [0.5, 0.6) is 0 Å². The number of alkyl halides is 1. The first-order valence-corrected chi connectivity index (χ1v) is 8.59. The quantitative estimate of drug-likeness (QED) is 0.489. The Labute approximate surface area is 128 Å². The third-order valence-electron chi connectivity index (χ3n) is 3.59. The van der Waals surface area contributed by atoms with Gasteiger partial charge in [0.2, 0.25) is 0 Å². The molecule has 2 rings (SSSR count). The molecule has 1 aromatic heterocycles. The van der Waals surface area contributed by atoms with Crippen molar-refractivity contribution in [3.05, 3.63) is 34.8 Å². The number of benzene rings is 1. The van der Waals surface area contributed by atoms with E-state index in [1.807, 2.05) is 24.3 Å². The van der Waals surface area contributed by atoms with Gasteiger partial charge in [-0.15, -0.1) is 0 Å². The number of hydrogen-bond acceptors (Lipinski definition) is 2. The first-order chi connectivity index (χ1) is 9.83. The summed E-state index contributed by atoms with van der Waals surface area (Å²) in [6.45, 7) is 0.761. The molecule has 0 aliphatic rings. The van der Waals surface area contributed by atoms with Crippen LogP contribution in [0, 0.1) is 0 Å². The van der Waals surface area contributed by atoms with E-state index in [1.165, 1.54) is 38.5 Å². The number of nitrogens with zero attached hydrogens (tertiary/aromatic N) is 1. The Morgan fingerprint density at radius 3 is 2.35 bits per heavy atom. The lowest BCUT2D eigenvalue weighted by Gasteiger charge is -2.03. The summed E-state index contributed by atoms with van der Waals surface area (Å²) >= 11 is 3.45. The molecule has 110 valence electrons. The van der Waals surface area contributed by atoms with Gasteiger partial charge in [-0.2, -0.15) is 0 Å². The molecule has 0 N–H and O–H groups in total. The molecule has 1 aromatic carbocycles. The van der Waals surface area contributed by atoms with Crippen LogP contribution in [0.1, 0.15) is 44.9 Å². The van der Waals surface area contributed by atoms with Crippen molar-refractivity contribution in [2.24, 2.45) is 0 Å². The van der Waals surface area contributed by atoms with Crippen LogP contribution in [0.4, 0.5) is 0 Å². The van der Waals surface area contributed by atoms with Crippen LogP contribution < -0.4 is 5.76 Å². The van der Waals surface area contributed by atoms with Crippen LogP contribution in [0.15, 0.2) is 33.5 Å². The molecule has 4 heteroatoms. The number of para-hydroxylation sites is 2. The Morgan fingerprint density at radius 1 is 0.950 bits per heavy atom. The van der Waals surface area contributed by atoms with Crippen molar-refractivity contribution in [2.75, 3.05) is 5.33 Å². The van der Waals surface area contributed by atoms with Crippen molar-refractivity contribution in [1.29, 1.82) is 0 Å². The fourth-order valence-corrected chi connectivity index (χ4v) is 2.87. The van der Waals surface area contributed by atoms with E-state index in [4.69, 9.17) is 4.42 Å². The predicted molar refractivity (Wildman–Crippen MR) is 86.6 cm³/mol. The van der Waals surface area contributed by atoms with Gasteiger partial charge in [-0.05, 0) is 25.0 Å². The Kier molecular flexibility index (Phi) is 6.37. The fraction of sp³-hybridized carbons (Fsp3) is 0.562. The van der Waals surface area contributed by atoms with Crippen LogP contribution in [0.2, 0.25) is 0 Å². The fourth-order valence-electron chi connectivity index (χ4n) is 2.47. The van der Waals surface area contributed by atoms with E-state index < -0.39 is 0 Å². The number of fused-ring (bicyclic) bond motifs is 1. The normalized spacial score (nSPS) is 11.2. The van der Waals surface area contributed by atoms with Gasteiger partial charge in [0.25, 0.3) is 0 Å². The number of halogens is 1. The van der Waals surface area contributed by atoms with Gasteiger partial charge < -0.3 is 4.42 Å². The molecule has 0 aliphatic heterocycles. The highest BCUT2D eigenvalue weighted by Gasteiger charge is 2.07. The maximum absolute atomic E-state index is 11.8. The van der Waals surface area contributed by atoms with Gasteiger partial charge in [-0.1, -0.05) is 60.2 Å². The second-order valence-corrected chi connectivity index (χ2v) is 5.94. The molecule has 2 aromatic rings. The van der Waals surface area contributed by atoms with Crippen molar-refractivity contribution in [1.82, 2.24) is 4.57 Å². The summed E-state index contributed by atoms with van der Waals surface area (Å²) < 4.78 is 6.97. The number of oxazole rings is 1. The Morgan fingerprint density at radius 2 is 1.60 bits per heavy atom. The topological polar surface area (TPSA) is 35.1 Å². The molecule has 0 saturated heterocycles. The molecule has 0 spiro atoms. The zero-order chi connectivity index (χ0) is 14.2. The van der Waals surface area contributed by atoms with Gasteiger partial charge in [0.1, 0.15) is 0 Å². The van der Waals surface area contributed by atoms with Gasteiger partial charge in [-0.3, -0.25) is 4.57 Å². The van der Waals surface area contributed by atoms with Crippen molar-refractivity contribution in [3.8, 4) is 0 Å². The van der Waals surface area contributed by atoms with Crippen molar-refractivity contribution < 1.29 is 4.42 Å². The summed E-state index contributed by atoms with van der Waals surface area (Å²) in [6, 6.07) is 7.62. The number of aromatic nitrogens is 1. The van der Waals surface area contributed by atoms with Gasteiger partial charge in [0.05, 0.1) is 5.52 Å². The van der Waals surface area contributed by atoms with Crippen LogP contribution >= 0.6 is 15.9 Å². The van der Waals surface area contributed by atoms with Gasteiger partial charge in [0.15, 0.2) is 5.58 Å². The van der Waals surface area contributed by atoms with Crippen LogP contribution in [-0.4, -0.2) is 9.90 Å². The Hall–Kier alpha value is -1.03. The third kappa shape index (κ3) is 4.23. The summed E-state index contributed by atoms with van der Waals surface area (Å²) in [5.74, 6) is -0.233. The molecular formula is C16H22BrNO2. The van der Waals surface area contributed by atoms with E-state index in [1.54, 1.807) is 4.57 Å². The number of aryl methyl sites for hydroxylation is 1. The largest absolute Gasteiger partial charge is 0.419 e. The maximum Gasteiger partial charge on any atom is 0.419 e. The SMILES string of the molecule is O=c1oc2ccccc2n1CCCCCCCCCBr. The first-order valence-electron chi connectivity index (χ1n) is 7.47. The van der Waals surface area contributed by atoms with Crippen LogP contribution in [-0.2, 0) is 6.54 Å². The molecule has 0 aliphatic carbocycles. The summed E-state index contributed by atoms with van der Waals surface area (Å²) in [5.41, 5.74) is 1.60. The lowest BCUT2D eigenvalue weighted by molar-refractivity contribution is 0.484. The van der Waals surface area contributed by atoms with Crippen molar-refractivity contribution in [3.63, 3.8) is 0 Å². The number of hydrogen-bond donors (Lipinski definition) is 0. The van der Waals surface area contributed by atoms with E-state index in [-0.39, 0.29) is 5.76 Å². The van der Waals surface area contributed by atoms with E-state index in [0.29, 0.717) is 5.58 Å². The van der Waals surface area contributed by atoms with Crippen LogP contribution in [0.25, 0.3) is 11.1 Å². The average molecular weight is 340 g/mol. The molecule has 1 heterocycles. The first kappa shape index (κ1) is 15.4. The Balaban J connectivity index is 1.73. The molecule has 20 heavy (non-hydrogen) atoms. The third-order valence-corrected chi connectivity index (χ3v) is 4.15. The second-order valence-electron chi connectivity index (χ2n) is 5.15. The predicted octanol–water partition coefficient (Wildman–Crippen LogP) is 4.72. The molecule has 0 radical (unpaired) electrons. The highest BCUT2D eigenvalue weighted by atomic mass is 79.9. The van der Waals surface area contributed by atoms with Crippen LogP contribution in [0.3, 0.4) is 0 Å². The lowest BCUT2D eigenvalue weighted by atomic mass is 10.1. The van der Waals surface area contributed by atoms with E-state index >= 15 is 0 Å². The van der Waals surface area contributed by atoms with Crippen molar-refractivity contribution in [2.45, 2.75) is 51.5 Å². The summed E-state index contributed by atoms with van der Waals surface area (Å²) in [4.78, 5) is 11.8. The minimum Gasteiger partial charge on any atom is -0.408 e. The zero-order valence-electron chi connectivity index (χ0n) is 11.8. The average Bonchev–Trinajstić information content (AvgIpc) is 2.78. The molecule has 0 unspecified atom stereocenters. The lowest BCUT2D eigenvalue weighted by Crippen LogP contribution is -2.14. The molecular weight excluding hydrogens is 318 g/mol. The highest BCUT2D eigenvalue weighted by Crippen LogP contribution is 2.13. The Bertz CT molecular complexity index is 573.